The highest BCUT2D eigenvalue weighted by Gasteiger charge is 2.35. The highest BCUT2D eigenvalue weighted by atomic mass is 16.6. The lowest BCUT2D eigenvalue weighted by Gasteiger charge is -2.32. The van der Waals surface area contributed by atoms with Crippen molar-refractivity contribution in [3.8, 4) is 0 Å². The van der Waals surface area contributed by atoms with Gasteiger partial charge in [-0.1, -0.05) is 40.0 Å². The third kappa shape index (κ3) is 6.99. The lowest BCUT2D eigenvalue weighted by molar-refractivity contribution is 0.0519. The number of nitrogens with one attached hydrogen (secondary N) is 2. The van der Waals surface area contributed by atoms with Crippen molar-refractivity contribution in [2.24, 2.45) is 5.41 Å². The minimum absolute atomic E-state index is 0.318. The molecule has 1 aliphatic carbocycles. The van der Waals surface area contributed by atoms with E-state index >= 15 is 0 Å². The van der Waals surface area contributed by atoms with Gasteiger partial charge in [0.25, 0.3) is 0 Å². The summed E-state index contributed by atoms with van der Waals surface area (Å²) < 4.78 is 5.33. The maximum Gasteiger partial charge on any atom is 0.407 e. The standard InChI is InChI=1S/C18H36N2O2/c1-7-8-10-14(13-19-16(21)22-17(2,3)4)20-15-11-9-12-18(15,5)6/h14-15,20H,7-13H2,1-6H3,(H,19,21). The molecule has 2 atom stereocenters. The fourth-order valence-corrected chi connectivity index (χ4v) is 3.14. The van der Waals surface area contributed by atoms with Crippen LogP contribution in [0.1, 0.15) is 80.1 Å². The third-order valence-electron chi connectivity index (χ3n) is 4.49. The molecule has 1 aliphatic rings. The molecular weight excluding hydrogens is 276 g/mol. The molecule has 4 nitrogen and oxygen atoms in total. The molecule has 2 unspecified atom stereocenters. The van der Waals surface area contributed by atoms with E-state index < -0.39 is 5.60 Å². The summed E-state index contributed by atoms with van der Waals surface area (Å²) >= 11 is 0. The topological polar surface area (TPSA) is 50.4 Å². The second kappa shape index (κ2) is 8.19. The van der Waals surface area contributed by atoms with Crippen molar-refractivity contribution in [1.82, 2.24) is 10.6 Å². The predicted octanol–water partition coefficient (Wildman–Crippen LogP) is 4.24. The Morgan fingerprint density at radius 3 is 2.55 bits per heavy atom. The number of hydrogen-bond acceptors (Lipinski definition) is 3. The number of carbonyl (C=O) groups excluding carboxylic acids is 1. The first-order valence-corrected chi connectivity index (χ1v) is 8.87. The van der Waals surface area contributed by atoms with E-state index in [1.807, 2.05) is 20.8 Å². The van der Waals surface area contributed by atoms with Crippen LogP contribution in [0.4, 0.5) is 4.79 Å². The average Bonchev–Trinajstić information content (AvgIpc) is 2.69. The van der Waals surface area contributed by atoms with Crippen LogP contribution in [0, 0.1) is 5.41 Å². The van der Waals surface area contributed by atoms with Gasteiger partial charge in [0.05, 0.1) is 0 Å². The van der Waals surface area contributed by atoms with Crippen LogP contribution in [0.15, 0.2) is 0 Å². The van der Waals surface area contributed by atoms with E-state index in [0.717, 1.165) is 6.42 Å². The van der Waals surface area contributed by atoms with Gasteiger partial charge in [0, 0.05) is 18.6 Å². The zero-order chi connectivity index (χ0) is 16.8. The van der Waals surface area contributed by atoms with Gasteiger partial charge >= 0.3 is 6.09 Å². The molecule has 0 bridgehead atoms. The summed E-state index contributed by atoms with van der Waals surface area (Å²) in [5, 5.41) is 6.71. The molecule has 0 radical (unpaired) electrons. The van der Waals surface area contributed by atoms with Crippen molar-refractivity contribution in [1.29, 1.82) is 0 Å². The summed E-state index contributed by atoms with van der Waals surface area (Å²) in [6.07, 6.45) is 6.96. The highest BCUT2D eigenvalue weighted by Crippen LogP contribution is 2.37. The Bertz CT molecular complexity index is 347. The molecule has 1 saturated carbocycles. The molecule has 4 heteroatoms. The fourth-order valence-electron chi connectivity index (χ4n) is 3.14. The first-order valence-electron chi connectivity index (χ1n) is 8.87. The lowest BCUT2D eigenvalue weighted by atomic mass is 9.86. The van der Waals surface area contributed by atoms with Gasteiger partial charge in [-0.3, -0.25) is 0 Å². The maximum atomic E-state index is 11.8. The van der Waals surface area contributed by atoms with Crippen molar-refractivity contribution in [3.05, 3.63) is 0 Å². The molecule has 0 aromatic heterocycles. The Kier molecular flexibility index (Phi) is 7.17. The Balaban J connectivity index is 2.48. The molecule has 0 aromatic rings. The van der Waals surface area contributed by atoms with Crippen molar-refractivity contribution < 1.29 is 9.53 Å². The Labute approximate surface area is 136 Å². The van der Waals surface area contributed by atoms with E-state index in [1.54, 1.807) is 0 Å². The maximum absolute atomic E-state index is 11.8. The van der Waals surface area contributed by atoms with Gasteiger partial charge in [-0.05, 0) is 45.4 Å². The number of amides is 1. The fraction of sp³-hybridized carbons (Fsp3) is 0.944. The van der Waals surface area contributed by atoms with Crippen LogP contribution in [-0.4, -0.2) is 30.3 Å². The molecular formula is C18H36N2O2. The largest absolute Gasteiger partial charge is 0.444 e. The summed E-state index contributed by atoms with van der Waals surface area (Å²) in [5.74, 6) is 0. The zero-order valence-corrected chi connectivity index (χ0v) is 15.4. The van der Waals surface area contributed by atoms with Gasteiger partial charge in [-0.15, -0.1) is 0 Å². The molecule has 0 spiro atoms. The van der Waals surface area contributed by atoms with Crippen LogP contribution in [0.2, 0.25) is 0 Å². The number of carbonyl (C=O) groups is 1. The highest BCUT2D eigenvalue weighted by molar-refractivity contribution is 5.67. The van der Waals surface area contributed by atoms with Crippen molar-refractivity contribution in [2.45, 2.75) is 97.8 Å². The van der Waals surface area contributed by atoms with Gasteiger partial charge in [0.2, 0.25) is 0 Å². The second-order valence-electron chi connectivity index (χ2n) is 8.32. The molecule has 130 valence electrons. The molecule has 0 aliphatic heterocycles. The van der Waals surface area contributed by atoms with Crippen LogP contribution in [-0.2, 0) is 4.74 Å². The number of rotatable bonds is 7. The number of hydrogen-bond donors (Lipinski definition) is 2. The first kappa shape index (κ1) is 19.3. The molecule has 0 heterocycles. The van der Waals surface area contributed by atoms with Crippen molar-refractivity contribution in [3.63, 3.8) is 0 Å². The smallest absolute Gasteiger partial charge is 0.407 e. The average molecular weight is 312 g/mol. The van der Waals surface area contributed by atoms with Crippen molar-refractivity contribution >= 4 is 6.09 Å². The normalized spacial score (nSPS) is 22.4. The van der Waals surface area contributed by atoms with Crippen LogP contribution in [0.25, 0.3) is 0 Å². The molecule has 22 heavy (non-hydrogen) atoms. The zero-order valence-electron chi connectivity index (χ0n) is 15.4. The van der Waals surface area contributed by atoms with Crippen LogP contribution < -0.4 is 10.6 Å². The summed E-state index contributed by atoms with van der Waals surface area (Å²) in [6.45, 7) is 13.2. The minimum atomic E-state index is -0.441. The van der Waals surface area contributed by atoms with E-state index in [1.165, 1.54) is 32.1 Å². The minimum Gasteiger partial charge on any atom is -0.444 e. The molecule has 1 rings (SSSR count). The van der Waals surface area contributed by atoms with Crippen molar-refractivity contribution in [2.75, 3.05) is 6.54 Å². The first-order chi connectivity index (χ1) is 10.1. The molecule has 0 aromatic carbocycles. The van der Waals surface area contributed by atoms with Crippen LogP contribution >= 0.6 is 0 Å². The number of unbranched alkanes of at least 4 members (excludes halogenated alkanes) is 1. The predicted molar refractivity (Wildman–Crippen MR) is 92.1 cm³/mol. The summed E-state index contributed by atoms with van der Waals surface area (Å²) in [7, 11) is 0. The van der Waals surface area contributed by atoms with Gasteiger partial charge < -0.3 is 15.4 Å². The lowest BCUT2D eigenvalue weighted by Crippen LogP contribution is -2.49. The SMILES string of the molecule is CCCCC(CNC(=O)OC(C)(C)C)NC1CCCC1(C)C. The number of ether oxygens (including phenoxy) is 1. The Hall–Kier alpha value is -0.770. The Morgan fingerprint density at radius 1 is 1.36 bits per heavy atom. The van der Waals surface area contributed by atoms with Gasteiger partial charge in [0.1, 0.15) is 5.60 Å². The molecule has 1 amide bonds. The van der Waals surface area contributed by atoms with E-state index in [9.17, 15) is 4.79 Å². The summed E-state index contributed by atoms with van der Waals surface area (Å²) in [5.41, 5.74) is -0.0831. The van der Waals surface area contributed by atoms with Gasteiger partial charge in [-0.25, -0.2) is 4.79 Å². The third-order valence-corrected chi connectivity index (χ3v) is 4.49. The summed E-state index contributed by atoms with van der Waals surface area (Å²) in [6, 6.07) is 0.879. The Morgan fingerprint density at radius 2 is 2.05 bits per heavy atom. The molecule has 1 fully saturated rings. The number of alkyl carbamates (subject to hydrolysis) is 1. The summed E-state index contributed by atoms with van der Waals surface area (Å²) in [4.78, 5) is 11.8. The monoisotopic (exact) mass is 312 g/mol. The van der Waals surface area contributed by atoms with E-state index in [0.29, 0.717) is 24.0 Å². The van der Waals surface area contributed by atoms with E-state index in [2.05, 4.69) is 31.4 Å². The van der Waals surface area contributed by atoms with E-state index in [-0.39, 0.29) is 6.09 Å². The van der Waals surface area contributed by atoms with Crippen LogP contribution in [0.3, 0.4) is 0 Å². The molecule has 0 saturated heterocycles. The van der Waals surface area contributed by atoms with Gasteiger partial charge in [-0.2, -0.15) is 0 Å². The second-order valence-corrected chi connectivity index (χ2v) is 8.32. The van der Waals surface area contributed by atoms with Crippen LogP contribution in [0.5, 0.6) is 0 Å². The quantitative estimate of drug-likeness (QED) is 0.739. The molecule has 2 N–H and O–H groups in total. The van der Waals surface area contributed by atoms with Gasteiger partial charge in [0.15, 0.2) is 0 Å². The van der Waals surface area contributed by atoms with E-state index in [4.69, 9.17) is 4.74 Å².